The van der Waals surface area contributed by atoms with Gasteiger partial charge in [-0.1, -0.05) is 36.4 Å². The van der Waals surface area contributed by atoms with Crippen LogP contribution in [0.2, 0.25) is 0 Å². The third-order valence-corrected chi connectivity index (χ3v) is 5.13. The molecule has 2 aromatic rings. The highest BCUT2D eigenvalue weighted by Crippen LogP contribution is 2.30. The molecule has 2 aliphatic rings. The van der Waals surface area contributed by atoms with E-state index in [9.17, 15) is 9.59 Å². The molecule has 0 aliphatic carbocycles. The molecule has 1 saturated heterocycles. The summed E-state index contributed by atoms with van der Waals surface area (Å²) in [6.45, 7) is 4.58. The van der Waals surface area contributed by atoms with E-state index in [1.807, 2.05) is 67.3 Å². The number of carbonyl (C=O) groups excluding carboxylic acids is 2. The van der Waals surface area contributed by atoms with Crippen LogP contribution in [0.1, 0.15) is 18.1 Å². The third-order valence-electron chi connectivity index (χ3n) is 5.13. The van der Waals surface area contributed by atoms with Gasteiger partial charge in [-0.2, -0.15) is 0 Å². The summed E-state index contributed by atoms with van der Waals surface area (Å²) in [7, 11) is 0. The molecule has 134 valence electrons. The van der Waals surface area contributed by atoms with Crippen molar-refractivity contribution >= 4 is 17.5 Å². The molecule has 5 heteroatoms. The Balaban J connectivity index is 1.49. The predicted molar refractivity (Wildman–Crippen MR) is 99.3 cm³/mol. The Labute approximate surface area is 153 Å². The van der Waals surface area contributed by atoms with E-state index in [0.717, 1.165) is 22.6 Å². The van der Waals surface area contributed by atoms with Crippen LogP contribution in [-0.4, -0.2) is 41.9 Å². The number of ether oxygens (including phenoxy) is 1. The van der Waals surface area contributed by atoms with Crippen LogP contribution in [0.15, 0.2) is 48.5 Å². The van der Waals surface area contributed by atoms with Crippen molar-refractivity contribution in [2.45, 2.75) is 32.4 Å². The SMILES string of the molecule is Cc1ccccc1N1C(=O)CN(C(=O)[C@H]2Cc3ccccc3O2)C[C@@H]1C. The molecule has 2 aliphatic heterocycles. The lowest BCUT2D eigenvalue weighted by atomic mass is 10.1. The van der Waals surface area contributed by atoms with Crippen molar-refractivity contribution < 1.29 is 14.3 Å². The maximum absolute atomic E-state index is 12.9. The number of para-hydroxylation sites is 2. The van der Waals surface area contributed by atoms with Gasteiger partial charge >= 0.3 is 0 Å². The maximum Gasteiger partial charge on any atom is 0.264 e. The van der Waals surface area contributed by atoms with Gasteiger partial charge in [-0.25, -0.2) is 0 Å². The molecule has 0 radical (unpaired) electrons. The predicted octanol–water partition coefficient (Wildman–Crippen LogP) is 2.56. The van der Waals surface area contributed by atoms with Gasteiger partial charge in [0.15, 0.2) is 6.10 Å². The quantitative estimate of drug-likeness (QED) is 0.836. The molecular formula is C21H22N2O3. The molecule has 2 aromatic carbocycles. The van der Waals surface area contributed by atoms with Crippen molar-refractivity contribution in [2.75, 3.05) is 18.0 Å². The zero-order chi connectivity index (χ0) is 18.3. The molecule has 2 atom stereocenters. The van der Waals surface area contributed by atoms with Crippen LogP contribution < -0.4 is 9.64 Å². The highest BCUT2D eigenvalue weighted by atomic mass is 16.5. The summed E-state index contributed by atoms with van der Waals surface area (Å²) in [5.74, 6) is 0.608. The molecule has 2 heterocycles. The first-order chi connectivity index (χ1) is 12.5. The minimum absolute atomic E-state index is 0.0538. The third kappa shape index (κ3) is 2.83. The van der Waals surface area contributed by atoms with Gasteiger partial charge in [-0.05, 0) is 37.1 Å². The monoisotopic (exact) mass is 350 g/mol. The fourth-order valence-corrected chi connectivity index (χ4v) is 3.85. The largest absolute Gasteiger partial charge is 0.480 e. The fourth-order valence-electron chi connectivity index (χ4n) is 3.85. The van der Waals surface area contributed by atoms with E-state index in [1.165, 1.54) is 0 Å². The van der Waals surface area contributed by atoms with Crippen LogP contribution in [0.4, 0.5) is 5.69 Å². The Morgan fingerprint density at radius 2 is 1.85 bits per heavy atom. The van der Waals surface area contributed by atoms with Crippen LogP contribution >= 0.6 is 0 Å². The van der Waals surface area contributed by atoms with Crippen molar-refractivity contribution in [1.29, 1.82) is 0 Å². The van der Waals surface area contributed by atoms with E-state index >= 15 is 0 Å². The molecule has 0 spiro atoms. The second-order valence-corrected chi connectivity index (χ2v) is 7.04. The van der Waals surface area contributed by atoms with E-state index < -0.39 is 6.10 Å². The zero-order valence-electron chi connectivity index (χ0n) is 15.0. The average Bonchev–Trinajstić information content (AvgIpc) is 3.06. The summed E-state index contributed by atoms with van der Waals surface area (Å²) >= 11 is 0. The molecule has 26 heavy (non-hydrogen) atoms. The number of carbonyl (C=O) groups is 2. The number of rotatable bonds is 2. The number of piperazine rings is 1. The molecule has 5 nitrogen and oxygen atoms in total. The summed E-state index contributed by atoms with van der Waals surface area (Å²) in [4.78, 5) is 29.1. The number of anilines is 1. The Kier molecular flexibility index (Phi) is 4.15. The lowest BCUT2D eigenvalue weighted by Gasteiger charge is -2.40. The second kappa shape index (κ2) is 6.48. The highest BCUT2D eigenvalue weighted by molar-refractivity contribution is 5.99. The van der Waals surface area contributed by atoms with Crippen molar-refractivity contribution in [3.05, 3.63) is 59.7 Å². The van der Waals surface area contributed by atoms with Gasteiger partial charge in [0.05, 0.1) is 6.04 Å². The normalized spacial score (nSPS) is 22.2. The minimum Gasteiger partial charge on any atom is -0.480 e. The van der Waals surface area contributed by atoms with Crippen molar-refractivity contribution in [2.24, 2.45) is 0 Å². The van der Waals surface area contributed by atoms with Crippen LogP contribution in [0, 0.1) is 6.92 Å². The minimum atomic E-state index is -0.530. The Morgan fingerprint density at radius 1 is 1.12 bits per heavy atom. The van der Waals surface area contributed by atoms with E-state index in [4.69, 9.17) is 4.74 Å². The van der Waals surface area contributed by atoms with Gasteiger partial charge in [-0.15, -0.1) is 0 Å². The van der Waals surface area contributed by atoms with E-state index in [2.05, 4.69) is 0 Å². The number of nitrogens with zero attached hydrogens (tertiary/aromatic N) is 2. The van der Waals surface area contributed by atoms with Gasteiger partial charge in [0.1, 0.15) is 12.3 Å². The fraction of sp³-hybridized carbons (Fsp3) is 0.333. The van der Waals surface area contributed by atoms with Crippen molar-refractivity contribution in [3.63, 3.8) is 0 Å². The number of fused-ring (bicyclic) bond motifs is 1. The summed E-state index contributed by atoms with van der Waals surface area (Å²) < 4.78 is 5.81. The average molecular weight is 350 g/mol. The van der Waals surface area contributed by atoms with E-state index in [1.54, 1.807) is 4.90 Å². The molecule has 1 fully saturated rings. The lowest BCUT2D eigenvalue weighted by Crippen LogP contribution is -2.59. The molecule has 0 saturated carbocycles. The summed E-state index contributed by atoms with van der Waals surface area (Å²) in [5, 5.41) is 0. The standard InChI is InChI=1S/C21H22N2O3/c1-14-7-3-5-9-17(14)23-15(2)12-22(13-20(23)24)21(25)19-11-16-8-4-6-10-18(16)26-19/h3-10,15,19H,11-13H2,1-2H3/t15-,19+/m0/s1. The summed E-state index contributed by atoms with van der Waals surface area (Å²) in [6, 6.07) is 15.5. The van der Waals surface area contributed by atoms with Gasteiger partial charge in [0.2, 0.25) is 5.91 Å². The zero-order valence-corrected chi connectivity index (χ0v) is 15.0. The van der Waals surface area contributed by atoms with Gasteiger partial charge in [0.25, 0.3) is 5.91 Å². The smallest absolute Gasteiger partial charge is 0.264 e. The molecule has 0 bridgehead atoms. The number of benzene rings is 2. The first-order valence-electron chi connectivity index (χ1n) is 8.95. The number of aryl methyl sites for hydroxylation is 1. The topological polar surface area (TPSA) is 49.9 Å². The maximum atomic E-state index is 12.9. The molecule has 0 unspecified atom stereocenters. The molecule has 4 rings (SSSR count). The molecule has 0 aromatic heterocycles. The number of hydrogen-bond donors (Lipinski definition) is 0. The Morgan fingerprint density at radius 3 is 2.58 bits per heavy atom. The number of hydrogen-bond acceptors (Lipinski definition) is 3. The molecule has 0 N–H and O–H groups in total. The van der Waals surface area contributed by atoms with Crippen molar-refractivity contribution in [1.82, 2.24) is 4.90 Å². The van der Waals surface area contributed by atoms with Crippen molar-refractivity contribution in [3.8, 4) is 5.75 Å². The highest BCUT2D eigenvalue weighted by Gasteiger charge is 2.38. The van der Waals surface area contributed by atoms with Crippen LogP contribution in [0.3, 0.4) is 0 Å². The van der Waals surface area contributed by atoms with Gasteiger partial charge < -0.3 is 14.5 Å². The summed E-state index contributed by atoms with van der Waals surface area (Å²) in [5.41, 5.74) is 3.02. The second-order valence-electron chi connectivity index (χ2n) is 7.04. The first kappa shape index (κ1) is 16.6. The van der Waals surface area contributed by atoms with E-state index in [-0.39, 0.29) is 24.4 Å². The lowest BCUT2D eigenvalue weighted by molar-refractivity contribution is -0.143. The molecule has 2 amide bonds. The number of amides is 2. The Bertz CT molecular complexity index is 839. The first-order valence-corrected chi connectivity index (χ1v) is 8.95. The summed E-state index contributed by atoms with van der Waals surface area (Å²) in [6.07, 6.45) is 0.0349. The van der Waals surface area contributed by atoms with Crippen LogP contribution in [0.5, 0.6) is 5.75 Å². The van der Waals surface area contributed by atoms with Crippen LogP contribution in [-0.2, 0) is 16.0 Å². The van der Waals surface area contributed by atoms with Crippen LogP contribution in [0.25, 0.3) is 0 Å². The van der Waals surface area contributed by atoms with E-state index in [0.29, 0.717) is 13.0 Å². The Hall–Kier alpha value is -2.82. The molecular weight excluding hydrogens is 328 g/mol. The van der Waals surface area contributed by atoms with Gasteiger partial charge in [0, 0.05) is 18.7 Å². The van der Waals surface area contributed by atoms with Gasteiger partial charge in [-0.3, -0.25) is 9.59 Å².